The average Bonchev–Trinajstić information content (AvgIpc) is 2.30. The first kappa shape index (κ1) is 9.89. The molecule has 74 valence electrons. The molecule has 0 aliphatic rings. The van der Waals surface area contributed by atoms with E-state index in [0.717, 1.165) is 12.1 Å². The summed E-state index contributed by atoms with van der Waals surface area (Å²) < 4.78 is 3.52. The monoisotopic (exact) mass is 183 g/mol. The van der Waals surface area contributed by atoms with Crippen LogP contribution < -0.4 is 11.3 Å². The van der Waals surface area contributed by atoms with Crippen LogP contribution in [0.4, 0.5) is 5.69 Å². The summed E-state index contributed by atoms with van der Waals surface area (Å²) in [5, 5.41) is 0. The molecule has 4 nitrogen and oxygen atoms in total. The van der Waals surface area contributed by atoms with Gasteiger partial charge in [-0.05, 0) is 20.3 Å². The molecule has 0 aliphatic heterocycles. The number of nitrogens with zero attached hydrogens (tertiary/aromatic N) is 2. The molecule has 0 saturated carbocycles. The van der Waals surface area contributed by atoms with E-state index >= 15 is 0 Å². The first-order chi connectivity index (χ1) is 6.00. The highest BCUT2D eigenvalue weighted by Gasteiger charge is 2.14. The highest BCUT2D eigenvalue weighted by atomic mass is 16.1. The summed E-state index contributed by atoms with van der Waals surface area (Å²) in [6.07, 6.45) is 0.927. The first-order valence-corrected chi connectivity index (χ1v) is 4.54. The van der Waals surface area contributed by atoms with Crippen molar-refractivity contribution in [3.63, 3.8) is 0 Å². The van der Waals surface area contributed by atoms with Gasteiger partial charge >= 0.3 is 0 Å². The van der Waals surface area contributed by atoms with E-state index in [1.165, 1.54) is 0 Å². The van der Waals surface area contributed by atoms with Gasteiger partial charge in [0, 0.05) is 7.05 Å². The second-order valence-electron chi connectivity index (χ2n) is 3.43. The third-order valence-electron chi connectivity index (χ3n) is 2.65. The SMILES string of the molecule is CCC(C)n1c(=O)c(N)c(C)n1C. The summed E-state index contributed by atoms with van der Waals surface area (Å²) >= 11 is 0. The summed E-state index contributed by atoms with van der Waals surface area (Å²) in [4.78, 5) is 11.6. The Balaban J connectivity index is 3.38. The molecule has 1 aromatic rings. The Morgan fingerprint density at radius 3 is 2.38 bits per heavy atom. The molecule has 1 aromatic heterocycles. The molecule has 0 saturated heterocycles. The fraction of sp³-hybridized carbons (Fsp3) is 0.667. The van der Waals surface area contributed by atoms with E-state index < -0.39 is 0 Å². The van der Waals surface area contributed by atoms with Crippen LogP contribution in [-0.4, -0.2) is 9.36 Å². The van der Waals surface area contributed by atoms with Crippen molar-refractivity contribution < 1.29 is 0 Å². The maximum Gasteiger partial charge on any atom is 0.290 e. The maximum absolute atomic E-state index is 11.6. The highest BCUT2D eigenvalue weighted by molar-refractivity contribution is 5.40. The van der Waals surface area contributed by atoms with Gasteiger partial charge in [-0.2, -0.15) is 0 Å². The number of nitrogens with two attached hydrogens (primary N) is 1. The van der Waals surface area contributed by atoms with Crippen molar-refractivity contribution in [2.75, 3.05) is 5.73 Å². The van der Waals surface area contributed by atoms with Crippen molar-refractivity contribution in [2.45, 2.75) is 33.2 Å². The largest absolute Gasteiger partial charge is 0.393 e. The Hall–Kier alpha value is -1.19. The van der Waals surface area contributed by atoms with Crippen LogP contribution in [0.2, 0.25) is 0 Å². The van der Waals surface area contributed by atoms with Crippen LogP contribution in [-0.2, 0) is 7.05 Å². The Morgan fingerprint density at radius 1 is 1.54 bits per heavy atom. The molecule has 0 bridgehead atoms. The van der Waals surface area contributed by atoms with Crippen molar-refractivity contribution in [1.82, 2.24) is 9.36 Å². The number of anilines is 1. The van der Waals surface area contributed by atoms with E-state index in [9.17, 15) is 4.79 Å². The average molecular weight is 183 g/mol. The lowest BCUT2D eigenvalue weighted by Gasteiger charge is -2.14. The van der Waals surface area contributed by atoms with Gasteiger partial charge in [0.15, 0.2) is 0 Å². The Bertz CT molecular complexity index is 362. The minimum Gasteiger partial charge on any atom is -0.393 e. The summed E-state index contributed by atoms with van der Waals surface area (Å²) in [5.74, 6) is 0. The Kier molecular flexibility index (Phi) is 2.50. The fourth-order valence-corrected chi connectivity index (χ4v) is 1.42. The first-order valence-electron chi connectivity index (χ1n) is 4.54. The van der Waals surface area contributed by atoms with Crippen molar-refractivity contribution in [2.24, 2.45) is 7.05 Å². The zero-order chi connectivity index (χ0) is 10.2. The van der Waals surface area contributed by atoms with E-state index in [2.05, 4.69) is 6.92 Å². The molecule has 1 unspecified atom stereocenters. The van der Waals surface area contributed by atoms with Crippen molar-refractivity contribution in [1.29, 1.82) is 0 Å². The zero-order valence-corrected chi connectivity index (χ0v) is 8.66. The third-order valence-corrected chi connectivity index (χ3v) is 2.65. The van der Waals surface area contributed by atoms with Crippen LogP contribution in [0.25, 0.3) is 0 Å². The second-order valence-corrected chi connectivity index (χ2v) is 3.43. The number of aromatic nitrogens is 2. The molecule has 0 radical (unpaired) electrons. The number of rotatable bonds is 2. The number of hydrogen-bond donors (Lipinski definition) is 1. The van der Waals surface area contributed by atoms with Crippen LogP contribution in [0.3, 0.4) is 0 Å². The maximum atomic E-state index is 11.6. The smallest absolute Gasteiger partial charge is 0.290 e. The van der Waals surface area contributed by atoms with Gasteiger partial charge in [-0.25, -0.2) is 4.68 Å². The third kappa shape index (κ3) is 1.36. The molecule has 0 amide bonds. The molecule has 0 fully saturated rings. The van der Waals surface area contributed by atoms with Crippen LogP contribution in [0.5, 0.6) is 0 Å². The molecule has 4 heteroatoms. The molecule has 2 N–H and O–H groups in total. The van der Waals surface area contributed by atoms with E-state index in [0.29, 0.717) is 5.69 Å². The van der Waals surface area contributed by atoms with Crippen molar-refractivity contribution in [3.05, 3.63) is 16.0 Å². The normalized spacial score (nSPS) is 13.2. The van der Waals surface area contributed by atoms with Crippen LogP contribution in [0.15, 0.2) is 4.79 Å². The molecular weight excluding hydrogens is 166 g/mol. The van der Waals surface area contributed by atoms with E-state index in [4.69, 9.17) is 5.73 Å². The van der Waals surface area contributed by atoms with Gasteiger partial charge in [-0.3, -0.25) is 9.48 Å². The topological polar surface area (TPSA) is 52.9 Å². The van der Waals surface area contributed by atoms with Crippen molar-refractivity contribution >= 4 is 5.69 Å². The van der Waals surface area contributed by atoms with E-state index in [1.54, 1.807) is 4.68 Å². The van der Waals surface area contributed by atoms with Gasteiger partial charge in [0.25, 0.3) is 5.56 Å². The minimum absolute atomic E-state index is 0.0747. The summed E-state index contributed by atoms with van der Waals surface area (Å²) in [6, 6.07) is 0.202. The lowest BCUT2D eigenvalue weighted by atomic mass is 10.3. The van der Waals surface area contributed by atoms with E-state index in [-0.39, 0.29) is 11.6 Å². The lowest BCUT2D eigenvalue weighted by molar-refractivity contribution is 0.398. The van der Waals surface area contributed by atoms with Gasteiger partial charge in [-0.1, -0.05) is 6.92 Å². The van der Waals surface area contributed by atoms with Gasteiger partial charge in [0.2, 0.25) is 0 Å². The molecule has 1 heterocycles. The molecule has 1 atom stereocenters. The number of hydrogen-bond acceptors (Lipinski definition) is 2. The molecule has 0 aromatic carbocycles. The van der Waals surface area contributed by atoms with Crippen LogP contribution >= 0.6 is 0 Å². The molecular formula is C9H17N3O. The number of nitrogen functional groups attached to an aromatic ring is 1. The zero-order valence-electron chi connectivity index (χ0n) is 8.66. The molecule has 0 aliphatic carbocycles. The Labute approximate surface area is 77.9 Å². The second kappa shape index (κ2) is 3.28. The van der Waals surface area contributed by atoms with Gasteiger partial charge in [-0.15, -0.1) is 0 Å². The van der Waals surface area contributed by atoms with Gasteiger partial charge in [0.1, 0.15) is 5.69 Å². The Morgan fingerprint density at radius 2 is 2.08 bits per heavy atom. The van der Waals surface area contributed by atoms with Gasteiger partial charge < -0.3 is 5.73 Å². The van der Waals surface area contributed by atoms with Crippen LogP contribution in [0, 0.1) is 6.92 Å². The molecule has 1 rings (SSSR count). The predicted molar refractivity (Wildman–Crippen MR) is 53.8 cm³/mol. The molecule has 13 heavy (non-hydrogen) atoms. The molecule has 0 spiro atoms. The van der Waals surface area contributed by atoms with Crippen LogP contribution in [0.1, 0.15) is 32.0 Å². The summed E-state index contributed by atoms with van der Waals surface area (Å²) in [5.41, 5.74) is 6.77. The quantitative estimate of drug-likeness (QED) is 0.745. The minimum atomic E-state index is -0.0747. The summed E-state index contributed by atoms with van der Waals surface area (Å²) in [7, 11) is 1.86. The van der Waals surface area contributed by atoms with E-state index in [1.807, 2.05) is 25.6 Å². The standard InChI is InChI=1S/C9H17N3O/c1-5-6(2)12-9(13)8(10)7(3)11(12)4/h6H,5,10H2,1-4H3. The van der Waals surface area contributed by atoms with Gasteiger partial charge in [0.05, 0.1) is 11.7 Å². The van der Waals surface area contributed by atoms with Crippen molar-refractivity contribution in [3.8, 4) is 0 Å². The fourth-order valence-electron chi connectivity index (χ4n) is 1.42. The summed E-state index contributed by atoms with van der Waals surface area (Å²) in [6.45, 7) is 5.92. The highest BCUT2D eigenvalue weighted by Crippen LogP contribution is 2.12. The predicted octanol–water partition coefficient (Wildman–Crippen LogP) is 1.05. The lowest BCUT2D eigenvalue weighted by Crippen LogP contribution is -2.25.